The fourth-order valence-corrected chi connectivity index (χ4v) is 2.20. The summed E-state index contributed by atoms with van der Waals surface area (Å²) in [6.07, 6.45) is 4.09. The van der Waals surface area contributed by atoms with E-state index in [0.717, 1.165) is 25.2 Å². The number of hydrogen-bond donors (Lipinski definition) is 1. The largest absolute Gasteiger partial charge is 0.395 e. The topological polar surface area (TPSA) is 49.2 Å². The molecule has 0 spiro atoms. The van der Waals surface area contributed by atoms with E-state index in [9.17, 15) is 0 Å². The molecule has 13 heavy (non-hydrogen) atoms. The highest BCUT2D eigenvalue weighted by Gasteiger charge is 2.23. The highest BCUT2D eigenvalue weighted by Crippen LogP contribution is 2.18. The van der Waals surface area contributed by atoms with E-state index in [0.29, 0.717) is 6.04 Å². The van der Waals surface area contributed by atoms with Crippen LogP contribution in [0, 0.1) is 0 Å². The first-order chi connectivity index (χ1) is 6.40. The highest BCUT2D eigenvalue weighted by molar-refractivity contribution is 6.99. The smallest absolute Gasteiger partial charge is 0.0883 e. The average molecular weight is 199 g/mol. The van der Waals surface area contributed by atoms with E-state index in [4.69, 9.17) is 5.11 Å². The van der Waals surface area contributed by atoms with Gasteiger partial charge in [0, 0.05) is 12.6 Å². The van der Waals surface area contributed by atoms with E-state index in [1.165, 1.54) is 18.1 Å². The zero-order valence-corrected chi connectivity index (χ0v) is 8.20. The van der Waals surface area contributed by atoms with Gasteiger partial charge in [0.1, 0.15) is 0 Å². The highest BCUT2D eigenvalue weighted by atomic mass is 32.1. The Morgan fingerprint density at radius 1 is 1.69 bits per heavy atom. The second-order valence-electron chi connectivity index (χ2n) is 3.35. The second kappa shape index (κ2) is 4.13. The monoisotopic (exact) mass is 199 g/mol. The number of hydrogen-bond acceptors (Lipinski definition) is 5. The van der Waals surface area contributed by atoms with Gasteiger partial charge in [-0.15, -0.1) is 0 Å². The summed E-state index contributed by atoms with van der Waals surface area (Å²) in [4.78, 5) is 2.27. The van der Waals surface area contributed by atoms with E-state index >= 15 is 0 Å². The summed E-state index contributed by atoms with van der Waals surface area (Å²) in [6.45, 7) is 2.17. The molecule has 1 N–H and O–H groups in total. The van der Waals surface area contributed by atoms with E-state index < -0.39 is 0 Å². The van der Waals surface area contributed by atoms with Gasteiger partial charge in [-0.05, 0) is 19.4 Å². The minimum absolute atomic E-state index is 0.261. The van der Waals surface area contributed by atoms with Crippen molar-refractivity contribution in [2.75, 3.05) is 13.2 Å². The summed E-state index contributed by atoms with van der Waals surface area (Å²) in [7, 11) is 0. The van der Waals surface area contributed by atoms with Crippen LogP contribution in [-0.2, 0) is 6.54 Å². The maximum atomic E-state index is 9.09. The predicted octanol–water partition coefficient (Wildman–Crippen LogP) is 0.495. The Labute approximate surface area is 81.5 Å². The summed E-state index contributed by atoms with van der Waals surface area (Å²) in [5.74, 6) is 0. The molecule has 0 saturated carbocycles. The van der Waals surface area contributed by atoms with Crippen LogP contribution in [0.15, 0.2) is 6.20 Å². The van der Waals surface area contributed by atoms with Crippen molar-refractivity contribution in [2.24, 2.45) is 0 Å². The summed E-state index contributed by atoms with van der Waals surface area (Å²) in [5.41, 5.74) is 1.02. The van der Waals surface area contributed by atoms with Crippen LogP contribution in [0.3, 0.4) is 0 Å². The molecule has 72 valence electrons. The molecule has 1 aromatic rings. The van der Waals surface area contributed by atoms with Gasteiger partial charge in [0.15, 0.2) is 0 Å². The first-order valence-electron chi connectivity index (χ1n) is 4.51. The Morgan fingerprint density at radius 3 is 3.31 bits per heavy atom. The third kappa shape index (κ3) is 2.04. The van der Waals surface area contributed by atoms with Gasteiger partial charge in [0.2, 0.25) is 0 Å². The van der Waals surface area contributed by atoms with Crippen LogP contribution in [0.1, 0.15) is 18.5 Å². The van der Waals surface area contributed by atoms with Gasteiger partial charge in [0.05, 0.1) is 30.2 Å². The molecule has 0 aliphatic carbocycles. The first-order valence-corrected chi connectivity index (χ1v) is 5.24. The maximum Gasteiger partial charge on any atom is 0.0883 e. The molecule has 0 radical (unpaired) electrons. The van der Waals surface area contributed by atoms with Crippen LogP contribution < -0.4 is 0 Å². The Bertz CT molecular complexity index is 252. The van der Waals surface area contributed by atoms with E-state index in [2.05, 4.69) is 13.6 Å². The lowest BCUT2D eigenvalue weighted by Gasteiger charge is -2.20. The fourth-order valence-electron chi connectivity index (χ4n) is 1.77. The lowest BCUT2D eigenvalue weighted by Crippen LogP contribution is -2.31. The van der Waals surface area contributed by atoms with Crippen molar-refractivity contribution in [1.29, 1.82) is 0 Å². The number of aromatic nitrogens is 2. The molecule has 4 nitrogen and oxygen atoms in total. The van der Waals surface area contributed by atoms with Crippen molar-refractivity contribution in [3.05, 3.63) is 11.9 Å². The van der Waals surface area contributed by atoms with Crippen LogP contribution >= 0.6 is 11.7 Å². The Balaban J connectivity index is 1.94. The lowest BCUT2D eigenvalue weighted by atomic mass is 10.2. The molecule has 1 fully saturated rings. The van der Waals surface area contributed by atoms with Crippen molar-refractivity contribution in [3.8, 4) is 0 Å². The average Bonchev–Trinajstić information content (AvgIpc) is 2.76. The van der Waals surface area contributed by atoms with E-state index in [1.54, 1.807) is 6.20 Å². The molecule has 1 saturated heterocycles. The summed E-state index contributed by atoms with van der Waals surface area (Å²) >= 11 is 1.24. The fraction of sp³-hybridized carbons (Fsp3) is 0.750. The van der Waals surface area contributed by atoms with Crippen molar-refractivity contribution in [1.82, 2.24) is 13.6 Å². The third-order valence-electron chi connectivity index (χ3n) is 2.48. The van der Waals surface area contributed by atoms with Gasteiger partial charge in [-0.1, -0.05) is 0 Å². The van der Waals surface area contributed by atoms with E-state index in [1.807, 2.05) is 0 Å². The molecular formula is C8H13N3OS. The number of nitrogens with zero attached hydrogens (tertiary/aromatic N) is 3. The number of likely N-dealkylation sites (tertiary alicyclic amines) is 1. The molecule has 2 rings (SSSR count). The molecule has 0 amide bonds. The summed E-state index contributed by atoms with van der Waals surface area (Å²) in [6, 6.07) is 0.335. The van der Waals surface area contributed by atoms with Gasteiger partial charge in [-0.2, -0.15) is 8.75 Å². The zero-order valence-electron chi connectivity index (χ0n) is 7.39. The number of aliphatic hydroxyl groups excluding tert-OH is 1. The van der Waals surface area contributed by atoms with Crippen LogP contribution in [0.25, 0.3) is 0 Å². The van der Waals surface area contributed by atoms with Crippen LogP contribution in [0.5, 0.6) is 0 Å². The SMILES string of the molecule is OCC1CCCN1Cc1cnsn1. The molecular weight excluding hydrogens is 186 g/mol. The van der Waals surface area contributed by atoms with Crippen molar-refractivity contribution >= 4 is 11.7 Å². The van der Waals surface area contributed by atoms with Crippen LogP contribution in [0.2, 0.25) is 0 Å². The van der Waals surface area contributed by atoms with Crippen LogP contribution in [0.4, 0.5) is 0 Å². The van der Waals surface area contributed by atoms with Gasteiger partial charge >= 0.3 is 0 Å². The van der Waals surface area contributed by atoms with Crippen molar-refractivity contribution < 1.29 is 5.11 Å². The molecule has 1 atom stereocenters. The van der Waals surface area contributed by atoms with Gasteiger partial charge < -0.3 is 5.11 Å². The molecule has 1 aliphatic heterocycles. The zero-order chi connectivity index (χ0) is 9.10. The standard InChI is InChI=1S/C8H13N3OS/c12-6-8-2-1-3-11(8)5-7-4-9-13-10-7/h4,8,12H,1-3,5-6H2. The number of aliphatic hydroxyl groups is 1. The first kappa shape index (κ1) is 9.05. The van der Waals surface area contributed by atoms with Crippen LogP contribution in [-0.4, -0.2) is 37.9 Å². The van der Waals surface area contributed by atoms with Crippen molar-refractivity contribution in [2.45, 2.75) is 25.4 Å². The minimum Gasteiger partial charge on any atom is -0.395 e. The minimum atomic E-state index is 0.261. The molecule has 2 heterocycles. The summed E-state index contributed by atoms with van der Waals surface area (Å²) < 4.78 is 8.11. The van der Waals surface area contributed by atoms with Gasteiger partial charge in [0.25, 0.3) is 0 Å². The second-order valence-corrected chi connectivity index (χ2v) is 3.90. The Morgan fingerprint density at radius 2 is 2.62 bits per heavy atom. The lowest BCUT2D eigenvalue weighted by molar-refractivity contribution is 0.152. The Hall–Kier alpha value is -0.520. The quantitative estimate of drug-likeness (QED) is 0.770. The molecule has 5 heteroatoms. The van der Waals surface area contributed by atoms with Gasteiger partial charge in [-0.25, -0.2) is 0 Å². The predicted molar refractivity (Wildman–Crippen MR) is 50.4 cm³/mol. The van der Waals surface area contributed by atoms with E-state index in [-0.39, 0.29) is 6.61 Å². The maximum absolute atomic E-state index is 9.09. The van der Waals surface area contributed by atoms with Crippen molar-refractivity contribution in [3.63, 3.8) is 0 Å². The third-order valence-corrected chi connectivity index (χ3v) is 3.00. The summed E-state index contributed by atoms with van der Waals surface area (Å²) in [5, 5.41) is 9.09. The molecule has 1 unspecified atom stereocenters. The normalized spacial score (nSPS) is 23.9. The van der Waals surface area contributed by atoms with Gasteiger partial charge in [-0.3, -0.25) is 4.90 Å². The molecule has 1 aromatic heterocycles. The molecule has 0 bridgehead atoms. The molecule has 1 aliphatic rings. The number of rotatable bonds is 3. The molecule has 0 aromatic carbocycles. The Kier molecular flexibility index (Phi) is 2.87.